The highest BCUT2D eigenvalue weighted by molar-refractivity contribution is 5.90. The van der Waals surface area contributed by atoms with Crippen molar-refractivity contribution in [3.8, 4) is 0 Å². The third kappa shape index (κ3) is 2.09. The third-order valence-electron chi connectivity index (χ3n) is 5.11. The van der Waals surface area contributed by atoms with Gasteiger partial charge in [0, 0.05) is 6.42 Å². The Balaban J connectivity index is 2.03. The fourth-order valence-electron chi connectivity index (χ4n) is 4.42. The summed E-state index contributed by atoms with van der Waals surface area (Å²) in [6.45, 7) is 7.41. The zero-order chi connectivity index (χ0) is 16.3. The monoisotopic (exact) mass is 307 g/mol. The zero-order valence-corrected chi connectivity index (χ0v) is 13.8. The van der Waals surface area contributed by atoms with Gasteiger partial charge in [0.15, 0.2) is 0 Å². The number of piperidine rings is 1. The molecule has 2 fully saturated rings. The molecule has 3 rings (SSSR count). The number of aliphatic hydroxyl groups is 1. The van der Waals surface area contributed by atoms with Crippen molar-refractivity contribution in [2.75, 3.05) is 0 Å². The molecule has 1 spiro atoms. The average Bonchev–Trinajstić information content (AvgIpc) is 2.53. The van der Waals surface area contributed by atoms with Crippen molar-refractivity contribution in [3.05, 3.63) is 12.2 Å². The van der Waals surface area contributed by atoms with Crippen LogP contribution in [0.4, 0.5) is 4.79 Å². The second-order valence-electron chi connectivity index (χ2n) is 8.08. The van der Waals surface area contributed by atoms with Crippen molar-refractivity contribution in [1.29, 1.82) is 0 Å². The maximum Gasteiger partial charge on any atom is 0.411 e. The van der Waals surface area contributed by atoms with E-state index < -0.39 is 34.8 Å². The van der Waals surface area contributed by atoms with Gasteiger partial charge in [0.1, 0.15) is 11.4 Å². The predicted octanol–water partition coefficient (Wildman–Crippen LogP) is 2.42. The highest BCUT2D eigenvalue weighted by Crippen LogP contribution is 2.53. The molecule has 5 nitrogen and oxygen atoms in total. The molecule has 0 aromatic heterocycles. The standard InChI is InChI=1S/C17H25NO4/c1-15(2,3)22-14(21)18-16(4)8-9-17(18)7-5-6-11(19)13(17)12(20)10-16/h8-9,11,13,19H,5-7,10H2,1-4H3/t11-,13-,16+,17-/m1/s1. The number of nitrogens with zero attached hydrogens (tertiary/aromatic N) is 1. The number of fused-ring (bicyclic) bond motifs is 1. The molecular weight excluding hydrogens is 282 g/mol. The topological polar surface area (TPSA) is 66.8 Å². The smallest absolute Gasteiger partial charge is 0.411 e. The Morgan fingerprint density at radius 1 is 1.41 bits per heavy atom. The second kappa shape index (κ2) is 4.57. The lowest BCUT2D eigenvalue weighted by Crippen LogP contribution is -2.69. The van der Waals surface area contributed by atoms with Crippen LogP contribution in [0.3, 0.4) is 0 Å². The Morgan fingerprint density at radius 2 is 2.09 bits per heavy atom. The van der Waals surface area contributed by atoms with Crippen LogP contribution >= 0.6 is 0 Å². The fourth-order valence-corrected chi connectivity index (χ4v) is 4.42. The molecule has 2 aliphatic heterocycles. The van der Waals surface area contributed by atoms with E-state index in [1.165, 1.54) is 0 Å². The van der Waals surface area contributed by atoms with Crippen LogP contribution in [-0.4, -0.2) is 44.7 Å². The first-order chi connectivity index (χ1) is 10.1. The summed E-state index contributed by atoms with van der Waals surface area (Å²) in [6.07, 6.45) is 5.19. The Bertz CT molecular complexity index is 549. The molecule has 1 saturated heterocycles. The molecule has 3 aliphatic rings. The van der Waals surface area contributed by atoms with E-state index in [1.54, 1.807) is 4.90 Å². The zero-order valence-electron chi connectivity index (χ0n) is 13.8. The van der Waals surface area contributed by atoms with E-state index in [0.29, 0.717) is 12.8 Å². The molecule has 4 atom stereocenters. The summed E-state index contributed by atoms with van der Waals surface area (Å²) in [7, 11) is 0. The van der Waals surface area contributed by atoms with Crippen molar-refractivity contribution in [3.63, 3.8) is 0 Å². The number of ether oxygens (including phenoxy) is 1. The van der Waals surface area contributed by atoms with Gasteiger partial charge < -0.3 is 9.84 Å². The first-order valence-corrected chi connectivity index (χ1v) is 8.04. The van der Waals surface area contributed by atoms with Gasteiger partial charge in [-0.2, -0.15) is 0 Å². The molecule has 2 bridgehead atoms. The van der Waals surface area contributed by atoms with Gasteiger partial charge in [0.2, 0.25) is 0 Å². The summed E-state index contributed by atoms with van der Waals surface area (Å²) >= 11 is 0. The maximum atomic E-state index is 12.8. The van der Waals surface area contributed by atoms with E-state index in [-0.39, 0.29) is 12.2 Å². The van der Waals surface area contributed by atoms with E-state index >= 15 is 0 Å². The van der Waals surface area contributed by atoms with Gasteiger partial charge in [-0.25, -0.2) is 4.79 Å². The molecule has 5 heteroatoms. The SMILES string of the molecule is CC(C)(C)OC(=O)N1[C@@]2(C)C=C[C@@]13CCC[C@@H](O)[C@@H]3C(=O)C2. The predicted molar refractivity (Wildman–Crippen MR) is 81.3 cm³/mol. The molecule has 1 saturated carbocycles. The number of carbonyl (C=O) groups is 2. The Morgan fingerprint density at radius 3 is 2.73 bits per heavy atom. The molecule has 1 N–H and O–H groups in total. The first-order valence-electron chi connectivity index (χ1n) is 8.04. The van der Waals surface area contributed by atoms with Gasteiger partial charge in [-0.1, -0.05) is 12.2 Å². The Labute approximate surface area is 131 Å². The van der Waals surface area contributed by atoms with E-state index in [2.05, 4.69) is 0 Å². The van der Waals surface area contributed by atoms with Gasteiger partial charge in [-0.05, 0) is 47.0 Å². The van der Waals surface area contributed by atoms with Gasteiger partial charge in [-0.3, -0.25) is 9.69 Å². The largest absolute Gasteiger partial charge is 0.444 e. The number of hydrogen-bond acceptors (Lipinski definition) is 4. The van der Waals surface area contributed by atoms with E-state index in [9.17, 15) is 14.7 Å². The minimum atomic E-state index is -0.718. The normalized spacial score (nSPS) is 40.6. The van der Waals surface area contributed by atoms with E-state index in [0.717, 1.165) is 6.42 Å². The Kier molecular flexibility index (Phi) is 3.23. The summed E-state index contributed by atoms with van der Waals surface area (Å²) in [5.74, 6) is -0.472. The van der Waals surface area contributed by atoms with Crippen LogP contribution in [0.5, 0.6) is 0 Å². The van der Waals surface area contributed by atoms with Crippen LogP contribution in [0.25, 0.3) is 0 Å². The van der Waals surface area contributed by atoms with Crippen molar-refractivity contribution < 1.29 is 19.4 Å². The van der Waals surface area contributed by atoms with Crippen LogP contribution < -0.4 is 0 Å². The first kappa shape index (κ1) is 15.5. The van der Waals surface area contributed by atoms with Gasteiger partial charge in [-0.15, -0.1) is 0 Å². The molecule has 1 amide bonds. The lowest BCUT2D eigenvalue weighted by molar-refractivity contribution is -0.149. The molecule has 1 aliphatic carbocycles. The minimum Gasteiger partial charge on any atom is -0.444 e. The van der Waals surface area contributed by atoms with Crippen LogP contribution in [0.1, 0.15) is 53.4 Å². The number of amides is 1. The lowest BCUT2D eigenvalue weighted by Gasteiger charge is -2.55. The lowest BCUT2D eigenvalue weighted by atomic mass is 9.65. The van der Waals surface area contributed by atoms with Crippen molar-refractivity contribution in [1.82, 2.24) is 4.90 Å². The molecule has 0 aromatic rings. The third-order valence-corrected chi connectivity index (χ3v) is 5.11. The molecule has 0 aromatic carbocycles. The number of hydrogen-bond donors (Lipinski definition) is 1. The molecule has 0 radical (unpaired) electrons. The summed E-state index contributed by atoms with van der Waals surface area (Å²) in [5, 5.41) is 10.4. The highest BCUT2D eigenvalue weighted by Gasteiger charge is 2.64. The number of ketones is 1. The van der Waals surface area contributed by atoms with Gasteiger partial charge in [0.05, 0.1) is 23.1 Å². The molecule has 122 valence electrons. The van der Waals surface area contributed by atoms with Gasteiger partial charge in [0.25, 0.3) is 0 Å². The summed E-state index contributed by atoms with van der Waals surface area (Å²) in [4.78, 5) is 27.1. The fraction of sp³-hybridized carbons (Fsp3) is 0.765. The van der Waals surface area contributed by atoms with Crippen molar-refractivity contribution in [2.45, 2.75) is 76.2 Å². The van der Waals surface area contributed by atoms with E-state index in [1.807, 2.05) is 39.8 Å². The molecule has 22 heavy (non-hydrogen) atoms. The molecular formula is C17H25NO4. The van der Waals surface area contributed by atoms with Crippen LogP contribution in [-0.2, 0) is 9.53 Å². The molecule has 2 heterocycles. The number of Topliss-reactive ketones (excluding diaryl/α,β-unsaturated/α-hetero) is 1. The minimum absolute atomic E-state index is 0.0551. The number of rotatable bonds is 0. The number of aliphatic hydroxyl groups excluding tert-OH is 1. The summed E-state index contributed by atoms with van der Waals surface area (Å²) in [5.41, 5.74) is -1.95. The van der Waals surface area contributed by atoms with Crippen LogP contribution in [0.15, 0.2) is 12.2 Å². The second-order valence-corrected chi connectivity index (χ2v) is 8.08. The number of carbonyl (C=O) groups excluding carboxylic acids is 2. The highest BCUT2D eigenvalue weighted by atomic mass is 16.6. The summed E-state index contributed by atoms with van der Waals surface area (Å²) in [6, 6.07) is 0. The van der Waals surface area contributed by atoms with Gasteiger partial charge >= 0.3 is 6.09 Å². The van der Waals surface area contributed by atoms with Crippen molar-refractivity contribution in [2.24, 2.45) is 5.92 Å². The molecule has 0 unspecified atom stereocenters. The average molecular weight is 307 g/mol. The van der Waals surface area contributed by atoms with Crippen LogP contribution in [0.2, 0.25) is 0 Å². The quantitative estimate of drug-likeness (QED) is 0.698. The van der Waals surface area contributed by atoms with Crippen LogP contribution in [0, 0.1) is 5.92 Å². The summed E-state index contributed by atoms with van der Waals surface area (Å²) < 4.78 is 5.59. The Hall–Kier alpha value is -1.36. The van der Waals surface area contributed by atoms with E-state index in [4.69, 9.17) is 4.74 Å². The maximum absolute atomic E-state index is 12.8. The van der Waals surface area contributed by atoms with Crippen molar-refractivity contribution >= 4 is 11.9 Å².